The van der Waals surface area contributed by atoms with Gasteiger partial charge in [-0.2, -0.15) is 5.26 Å². The molecule has 0 spiro atoms. The van der Waals surface area contributed by atoms with Crippen molar-refractivity contribution < 1.29 is 14.3 Å². The van der Waals surface area contributed by atoms with Gasteiger partial charge in [0.25, 0.3) is 0 Å². The Bertz CT molecular complexity index is 989. The molecule has 0 atom stereocenters. The quantitative estimate of drug-likeness (QED) is 0.657. The van der Waals surface area contributed by atoms with E-state index < -0.39 is 0 Å². The number of hydrogen-bond acceptors (Lipinski definition) is 5. The Labute approximate surface area is 151 Å². The van der Waals surface area contributed by atoms with Gasteiger partial charge in [0.2, 0.25) is 5.88 Å². The van der Waals surface area contributed by atoms with E-state index in [9.17, 15) is 4.79 Å². The minimum absolute atomic E-state index is 0.111. The summed E-state index contributed by atoms with van der Waals surface area (Å²) in [4.78, 5) is 16.6. The molecule has 0 radical (unpaired) electrons. The zero-order chi connectivity index (χ0) is 18.5. The summed E-state index contributed by atoms with van der Waals surface area (Å²) in [7, 11) is 3.07. The number of ketones is 1. The minimum Gasteiger partial charge on any atom is -0.497 e. The molecular weight excluding hydrogens is 328 g/mol. The van der Waals surface area contributed by atoms with E-state index in [1.807, 2.05) is 18.2 Å². The predicted molar refractivity (Wildman–Crippen MR) is 97.4 cm³/mol. The molecule has 0 aliphatic rings. The average molecular weight is 344 g/mol. The highest BCUT2D eigenvalue weighted by atomic mass is 16.5. The third-order valence-corrected chi connectivity index (χ3v) is 3.96. The van der Waals surface area contributed by atoms with Crippen molar-refractivity contribution in [1.82, 2.24) is 4.98 Å². The lowest BCUT2D eigenvalue weighted by Gasteiger charge is -2.08. The molecule has 1 heterocycles. The van der Waals surface area contributed by atoms with Crippen LogP contribution in [-0.2, 0) is 0 Å². The van der Waals surface area contributed by atoms with Crippen LogP contribution in [0.5, 0.6) is 11.6 Å². The average Bonchev–Trinajstić information content (AvgIpc) is 2.72. The number of pyridine rings is 1. The predicted octanol–water partition coefficient (Wildman–Crippen LogP) is 3.87. The number of rotatable bonds is 5. The summed E-state index contributed by atoms with van der Waals surface area (Å²) >= 11 is 0. The SMILES string of the molecule is COc1cc(C#N)cc(-c2ccc(C(=O)c3ccnc(OC)c3)cc2)c1. The zero-order valence-corrected chi connectivity index (χ0v) is 14.4. The van der Waals surface area contributed by atoms with Gasteiger partial charge in [0.05, 0.1) is 25.9 Å². The molecule has 0 fully saturated rings. The third-order valence-electron chi connectivity index (χ3n) is 3.96. The van der Waals surface area contributed by atoms with Crippen LogP contribution in [0, 0.1) is 11.3 Å². The Morgan fingerprint density at radius 3 is 2.35 bits per heavy atom. The summed E-state index contributed by atoms with van der Waals surface area (Å²) in [5.41, 5.74) is 3.33. The van der Waals surface area contributed by atoms with Gasteiger partial charge in [0.15, 0.2) is 5.78 Å². The maximum Gasteiger partial charge on any atom is 0.213 e. The number of nitrogens with zero attached hydrogens (tertiary/aromatic N) is 2. The number of carbonyl (C=O) groups excluding carboxylic acids is 1. The van der Waals surface area contributed by atoms with E-state index in [2.05, 4.69) is 11.1 Å². The van der Waals surface area contributed by atoms with Crippen LogP contribution in [0.4, 0.5) is 0 Å². The van der Waals surface area contributed by atoms with Crippen molar-refractivity contribution in [2.24, 2.45) is 0 Å². The summed E-state index contributed by atoms with van der Waals surface area (Å²) in [6.45, 7) is 0. The maximum absolute atomic E-state index is 12.6. The van der Waals surface area contributed by atoms with Crippen LogP contribution in [0.1, 0.15) is 21.5 Å². The molecule has 0 saturated heterocycles. The van der Waals surface area contributed by atoms with E-state index in [1.165, 1.54) is 7.11 Å². The van der Waals surface area contributed by atoms with E-state index in [-0.39, 0.29) is 5.78 Å². The van der Waals surface area contributed by atoms with Crippen molar-refractivity contribution >= 4 is 5.78 Å². The monoisotopic (exact) mass is 344 g/mol. The lowest BCUT2D eigenvalue weighted by atomic mass is 9.98. The number of methoxy groups -OCH3 is 2. The maximum atomic E-state index is 12.6. The van der Waals surface area contributed by atoms with Crippen molar-refractivity contribution in [2.75, 3.05) is 14.2 Å². The number of nitriles is 1. The summed E-state index contributed by atoms with van der Waals surface area (Å²) in [6, 6.07) is 17.9. The van der Waals surface area contributed by atoms with Gasteiger partial charge in [-0.25, -0.2) is 4.98 Å². The van der Waals surface area contributed by atoms with Crippen molar-refractivity contribution in [1.29, 1.82) is 5.26 Å². The summed E-state index contributed by atoms with van der Waals surface area (Å²) < 4.78 is 10.3. The molecule has 0 amide bonds. The molecule has 3 aromatic rings. The summed E-state index contributed by atoms with van der Waals surface area (Å²) in [5.74, 6) is 0.900. The number of benzene rings is 2. The fourth-order valence-corrected chi connectivity index (χ4v) is 2.59. The zero-order valence-electron chi connectivity index (χ0n) is 14.4. The van der Waals surface area contributed by atoms with Crippen LogP contribution < -0.4 is 9.47 Å². The first-order chi connectivity index (χ1) is 12.6. The lowest BCUT2D eigenvalue weighted by Crippen LogP contribution is -2.02. The van der Waals surface area contributed by atoms with Gasteiger partial charge in [-0.3, -0.25) is 4.79 Å². The molecule has 26 heavy (non-hydrogen) atoms. The molecule has 0 N–H and O–H groups in total. The van der Waals surface area contributed by atoms with Crippen LogP contribution in [0.25, 0.3) is 11.1 Å². The summed E-state index contributed by atoms with van der Waals surface area (Å²) in [5, 5.41) is 9.15. The number of aromatic nitrogens is 1. The molecule has 128 valence electrons. The molecule has 5 nitrogen and oxygen atoms in total. The number of carbonyl (C=O) groups is 1. The highest BCUT2D eigenvalue weighted by molar-refractivity contribution is 6.09. The normalized spacial score (nSPS) is 10.0. The van der Waals surface area contributed by atoms with Crippen LogP contribution in [0.15, 0.2) is 60.8 Å². The van der Waals surface area contributed by atoms with Crippen molar-refractivity contribution in [2.45, 2.75) is 0 Å². The lowest BCUT2D eigenvalue weighted by molar-refractivity contribution is 0.103. The first-order valence-electron chi connectivity index (χ1n) is 7.89. The first-order valence-corrected chi connectivity index (χ1v) is 7.89. The fraction of sp³-hybridized carbons (Fsp3) is 0.0952. The smallest absolute Gasteiger partial charge is 0.213 e. The molecule has 0 bridgehead atoms. The molecule has 3 rings (SSSR count). The van der Waals surface area contributed by atoms with E-state index in [0.717, 1.165) is 11.1 Å². The minimum atomic E-state index is -0.111. The largest absolute Gasteiger partial charge is 0.497 e. The van der Waals surface area contributed by atoms with Gasteiger partial charge in [-0.1, -0.05) is 24.3 Å². The van der Waals surface area contributed by atoms with E-state index in [1.54, 1.807) is 49.7 Å². The molecule has 2 aromatic carbocycles. The van der Waals surface area contributed by atoms with E-state index in [4.69, 9.17) is 14.7 Å². The highest BCUT2D eigenvalue weighted by Gasteiger charge is 2.11. The van der Waals surface area contributed by atoms with Crippen molar-refractivity contribution in [3.8, 4) is 28.8 Å². The molecule has 1 aromatic heterocycles. The van der Waals surface area contributed by atoms with Gasteiger partial charge in [0.1, 0.15) is 5.75 Å². The topological polar surface area (TPSA) is 72.2 Å². The molecule has 5 heteroatoms. The second-order valence-electron chi connectivity index (χ2n) is 5.56. The van der Waals surface area contributed by atoms with Crippen LogP contribution >= 0.6 is 0 Å². The Kier molecular flexibility index (Phi) is 4.95. The second kappa shape index (κ2) is 7.49. The van der Waals surface area contributed by atoms with Crippen molar-refractivity contribution in [3.63, 3.8) is 0 Å². The van der Waals surface area contributed by atoms with Gasteiger partial charge < -0.3 is 9.47 Å². The van der Waals surface area contributed by atoms with E-state index in [0.29, 0.717) is 28.3 Å². The summed E-state index contributed by atoms with van der Waals surface area (Å²) in [6.07, 6.45) is 1.54. The third kappa shape index (κ3) is 3.55. The van der Waals surface area contributed by atoms with E-state index >= 15 is 0 Å². The number of hydrogen-bond donors (Lipinski definition) is 0. The van der Waals surface area contributed by atoms with Gasteiger partial charge in [-0.15, -0.1) is 0 Å². The Balaban J connectivity index is 1.91. The molecule has 0 saturated carbocycles. The fourth-order valence-electron chi connectivity index (χ4n) is 2.59. The molecule has 0 unspecified atom stereocenters. The second-order valence-corrected chi connectivity index (χ2v) is 5.56. The standard InChI is InChI=1S/C21H16N2O3/c1-25-19-10-14(13-22)9-18(11-19)15-3-5-16(6-4-15)21(24)17-7-8-23-20(12-17)26-2/h3-12H,1-2H3. The number of ether oxygens (including phenoxy) is 2. The highest BCUT2D eigenvalue weighted by Crippen LogP contribution is 2.26. The van der Waals surface area contributed by atoms with Gasteiger partial charge in [-0.05, 0) is 35.4 Å². The Morgan fingerprint density at radius 1 is 0.923 bits per heavy atom. The molecule has 0 aliphatic heterocycles. The Hall–Kier alpha value is -3.65. The first kappa shape index (κ1) is 17.2. The Morgan fingerprint density at radius 2 is 1.69 bits per heavy atom. The molecular formula is C21H16N2O3. The van der Waals surface area contributed by atoms with Gasteiger partial charge >= 0.3 is 0 Å². The van der Waals surface area contributed by atoms with Crippen LogP contribution in [-0.4, -0.2) is 25.0 Å². The van der Waals surface area contributed by atoms with Crippen molar-refractivity contribution in [3.05, 3.63) is 77.5 Å². The van der Waals surface area contributed by atoms with Crippen LogP contribution in [0.3, 0.4) is 0 Å². The molecule has 0 aliphatic carbocycles. The van der Waals surface area contributed by atoms with Gasteiger partial charge in [0, 0.05) is 23.4 Å². The van der Waals surface area contributed by atoms with Crippen LogP contribution in [0.2, 0.25) is 0 Å².